The van der Waals surface area contributed by atoms with Gasteiger partial charge in [-0.1, -0.05) is 42.5 Å². The van der Waals surface area contributed by atoms with Crippen LogP contribution >= 0.6 is 0 Å². The van der Waals surface area contributed by atoms with Gasteiger partial charge in [0, 0.05) is 30.1 Å². The third kappa shape index (κ3) is 4.30. The summed E-state index contributed by atoms with van der Waals surface area (Å²) < 4.78 is 0. The van der Waals surface area contributed by atoms with Crippen molar-refractivity contribution in [3.63, 3.8) is 0 Å². The van der Waals surface area contributed by atoms with Crippen molar-refractivity contribution < 1.29 is 14.7 Å². The van der Waals surface area contributed by atoms with Crippen LogP contribution in [0.1, 0.15) is 17.9 Å². The number of nitrogens with one attached hydrogen (secondary N) is 1. The number of aliphatic carboxylic acids is 1. The summed E-state index contributed by atoms with van der Waals surface area (Å²) in [6.07, 6.45) is 4.68. The van der Waals surface area contributed by atoms with Crippen molar-refractivity contribution in [3.8, 4) is 11.1 Å². The van der Waals surface area contributed by atoms with E-state index in [9.17, 15) is 14.7 Å². The zero-order valence-corrected chi connectivity index (χ0v) is 13.9. The van der Waals surface area contributed by atoms with Crippen LogP contribution in [0.2, 0.25) is 0 Å². The van der Waals surface area contributed by atoms with E-state index in [-0.39, 0.29) is 12.3 Å². The molecule has 3 rings (SSSR count). The van der Waals surface area contributed by atoms with Crippen LogP contribution in [0.25, 0.3) is 11.1 Å². The third-order valence-electron chi connectivity index (χ3n) is 3.93. The van der Waals surface area contributed by atoms with Gasteiger partial charge in [-0.05, 0) is 23.3 Å². The Morgan fingerprint density at radius 3 is 2.38 bits per heavy atom. The number of hydrogen-bond donors (Lipinski definition) is 2. The van der Waals surface area contributed by atoms with E-state index in [1.165, 1.54) is 6.33 Å². The maximum absolute atomic E-state index is 12.3. The topological polar surface area (TPSA) is 92.2 Å². The molecule has 1 unspecified atom stereocenters. The van der Waals surface area contributed by atoms with Gasteiger partial charge in [-0.3, -0.25) is 9.59 Å². The van der Waals surface area contributed by atoms with E-state index in [0.29, 0.717) is 11.3 Å². The largest absolute Gasteiger partial charge is 0.481 e. The summed E-state index contributed by atoms with van der Waals surface area (Å²) in [4.78, 5) is 31.8. The standard InChI is InChI=1S/C20H17N3O3/c24-19(10-18(20(25)26)14-5-2-1-3-6-14)23-17-8-4-7-15(9-17)16-11-21-13-22-12-16/h1-9,11-13,18H,10H2,(H,23,24)(H,25,26). The second-order valence-corrected chi connectivity index (χ2v) is 5.76. The van der Waals surface area contributed by atoms with Crippen LogP contribution in [0.4, 0.5) is 5.69 Å². The molecule has 1 heterocycles. The Morgan fingerprint density at radius 1 is 0.962 bits per heavy atom. The van der Waals surface area contributed by atoms with Crippen molar-refractivity contribution in [2.45, 2.75) is 12.3 Å². The first kappa shape index (κ1) is 17.3. The molecule has 2 N–H and O–H groups in total. The van der Waals surface area contributed by atoms with E-state index in [4.69, 9.17) is 0 Å². The maximum atomic E-state index is 12.3. The number of rotatable bonds is 6. The zero-order valence-electron chi connectivity index (χ0n) is 13.9. The van der Waals surface area contributed by atoms with Gasteiger partial charge in [-0.2, -0.15) is 0 Å². The molecule has 0 fully saturated rings. The molecule has 0 spiro atoms. The van der Waals surface area contributed by atoms with E-state index in [0.717, 1.165) is 11.1 Å². The minimum absolute atomic E-state index is 0.141. The smallest absolute Gasteiger partial charge is 0.311 e. The first-order valence-corrected chi connectivity index (χ1v) is 8.06. The molecule has 2 aromatic carbocycles. The molecular weight excluding hydrogens is 330 g/mol. The van der Waals surface area contributed by atoms with Gasteiger partial charge in [0.1, 0.15) is 6.33 Å². The monoisotopic (exact) mass is 347 g/mol. The fraction of sp³-hybridized carbons (Fsp3) is 0.100. The van der Waals surface area contributed by atoms with Crippen LogP contribution < -0.4 is 5.32 Å². The lowest BCUT2D eigenvalue weighted by Gasteiger charge is -2.13. The van der Waals surface area contributed by atoms with Crippen LogP contribution in [0.5, 0.6) is 0 Å². The predicted molar refractivity (Wildman–Crippen MR) is 97.5 cm³/mol. The highest BCUT2D eigenvalue weighted by Gasteiger charge is 2.23. The van der Waals surface area contributed by atoms with E-state index < -0.39 is 11.9 Å². The normalized spacial score (nSPS) is 11.5. The Bertz CT molecular complexity index is 898. The molecule has 0 radical (unpaired) electrons. The molecule has 0 saturated heterocycles. The lowest BCUT2D eigenvalue weighted by Crippen LogP contribution is -2.20. The van der Waals surface area contributed by atoms with E-state index in [1.54, 1.807) is 54.9 Å². The quantitative estimate of drug-likeness (QED) is 0.713. The summed E-state index contributed by atoms with van der Waals surface area (Å²) in [7, 11) is 0. The summed E-state index contributed by atoms with van der Waals surface area (Å²) in [6.45, 7) is 0. The average Bonchev–Trinajstić information content (AvgIpc) is 2.67. The van der Waals surface area contributed by atoms with Crippen molar-refractivity contribution in [3.05, 3.63) is 78.9 Å². The minimum Gasteiger partial charge on any atom is -0.481 e. The number of carboxylic acid groups (broad SMARTS) is 1. The number of nitrogens with zero attached hydrogens (tertiary/aromatic N) is 2. The first-order chi connectivity index (χ1) is 12.6. The maximum Gasteiger partial charge on any atom is 0.311 e. The van der Waals surface area contributed by atoms with Crippen molar-refractivity contribution in [2.75, 3.05) is 5.32 Å². The lowest BCUT2D eigenvalue weighted by molar-refractivity contribution is -0.140. The number of benzene rings is 2. The van der Waals surface area contributed by atoms with Gasteiger partial charge in [-0.15, -0.1) is 0 Å². The minimum atomic E-state index is -1.03. The molecule has 0 aliphatic heterocycles. The summed E-state index contributed by atoms with van der Waals surface area (Å²) in [5.74, 6) is -2.27. The molecule has 0 saturated carbocycles. The molecule has 6 nitrogen and oxygen atoms in total. The summed E-state index contributed by atoms with van der Waals surface area (Å²) in [6, 6.07) is 16.0. The van der Waals surface area contributed by atoms with Gasteiger partial charge < -0.3 is 10.4 Å². The van der Waals surface area contributed by atoms with Crippen LogP contribution in [0, 0.1) is 0 Å². The highest BCUT2D eigenvalue weighted by atomic mass is 16.4. The summed E-state index contributed by atoms with van der Waals surface area (Å²) in [5, 5.41) is 12.2. The second-order valence-electron chi connectivity index (χ2n) is 5.76. The zero-order chi connectivity index (χ0) is 18.4. The molecule has 1 aromatic heterocycles. The molecular formula is C20H17N3O3. The highest BCUT2D eigenvalue weighted by molar-refractivity contribution is 5.95. The van der Waals surface area contributed by atoms with Crippen molar-refractivity contribution in [2.24, 2.45) is 0 Å². The van der Waals surface area contributed by atoms with Crippen molar-refractivity contribution in [1.82, 2.24) is 9.97 Å². The Morgan fingerprint density at radius 2 is 1.69 bits per heavy atom. The molecule has 0 aliphatic rings. The molecule has 6 heteroatoms. The SMILES string of the molecule is O=C(CC(C(=O)O)c1ccccc1)Nc1cccc(-c2cncnc2)c1. The number of carboxylic acids is 1. The van der Waals surface area contributed by atoms with Crippen molar-refractivity contribution >= 4 is 17.6 Å². The number of carbonyl (C=O) groups is 2. The highest BCUT2D eigenvalue weighted by Crippen LogP contribution is 2.23. The Hall–Kier alpha value is -3.54. The molecule has 1 atom stereocenters. The Kier molecular flexibility index (Phi) is 5.34. The van der Waals surface area contributed by atoms with Gasteiger partial charge in [0.05, 0.1) is 5.92 Å². The predicted octanol–water partition coefficient (Wildman–Crippen LogP) is 3.34. The third-order valence-corrected chi connectivity index (χ3v) is 3.93. The summed E-state index contributed by atoms with van der Waals surface area (Å²) in [5.41, 5.74) is 2.89. The second kappa shape index (κ2) is 8.02. The number of amides is 1. The number of carbonyl (C=O) groups excluding carboxylic acids is 1. The van der Waals surface area contributed by atoms with E-state index >= 15 is 0 Å². The van der Waals surface area contributed by atoms with Gasteiger partial charge >= 0.3 is 5.97 Å². The van der Waals surface area contributed by atoms with Gasteiger partial charge in [0.2, 0.25) is 5.91 Å². The van der Waals surface area contributed by atoms with E-state index in [2.05, 4.69) is 15.3 Å². The summed E-state index contributed by atoms with van der Waals surface area (Å²) >= 11 is 0. The number of anilines is 1. The van der Waals surface area contributed by atoms with Crippen LogP contribution in [0.3, 0.4) is 0 Å². The van der Waals surface area contributed by atoms with Crippen molar-refractivity contribution in [1.29, 1.82) is 0 Å². The average molecular weight is 347 g/mol. The van der Waals surface area contributed by atoms with Crippen LogP contribution in [-0.4, -0.2) is 27.0 Å². The van der Waals surface area contributed by atoms with Gasteiger partial charge in [0.25, 0.3) is 0 Å². The molecule has 0 bridgehead atoms. The molecule has 26 heavy (non-hydrogen) atoms. The van der Waals surface area contributed by atoms with Gasteiger partial charge in [0.15, 0.2) is 0 Å². The Balaban J connectivity index is 1.73. The first-order valence-electron chi connectivity index (χ1n) is 8.06. The van der Waals surface area contributed by atoms with Crippen LogP contribution in [-0.2, 0) is 9.59 Å². The lowest BCUT2D eigenvalue weighted by atomic mass is 9.95. The van der Waals surface area contributed by atoms with Gasteiger partial charge in [-0.25, -0.2) is 9.97 Å². The molecule has 3 aromatic rings. The van der Waals surface area contributed by atoms with Crippen LogP contribution in [0.15, 0.2) is 73.3 Å². The number of hydrogen-bond acceptors (Lipinski definition) is 4. The molecule has 0 aliphatic carbocycles. The number of aromatic nitrogens is 2. The van der Waals surface area contributed by atoms with E-state index in [1.807, 2.05) is 12.1 Å². The molecule has 1 amide bonds. The molecule has 130 valence electrons. The Labute approximate surface area is 150 Å². The fourth-order valence-corrected chi connectivity index (χ4v) is 2.66. The fourth-order valence-electron chi connectivity index (χ4n) is 2.66.